The van der Waals surface area contributed by atoms with Crippen molar-refractivity contribution in [3.05, 3.63) is 53.6 Å². The Morgan fingerprint density at radius 2 is 1.63 bits per heavy atom. The number of aliphatic hydroxyl groups is 1. The highest BCUT2D eigenvalue weighted by molar-refractivity contribution is 5.38. The summed E-state index contributed by atoms with van der Waals surface area (Å²) < 4.78 is 16.5. The molecule has 0 unspecified atom stereocenters. The summed E-state index contributed by atoms with van der Waals surface area (Å²) in [7, 11) is 3.29. The molecule has 0 fully saturated rings. The molecule has 0 radical (unpaired) electrons. The molecule has 0 saturated heterocycles. The van der Waals surface area contributed by atoms with Gasteiger partial charge in [-0.3, -0.25) is 4.90 Å². The van der Waals surface area contributed by atoms with Gasteiger partial charge in [0.15, 0.2) is 0 Å². The lowest BCUT2D eigenvalue weighted by atomic mass is 10.1. The van der Waals surface area contributed by atoms with Gasteiger partial charge < -0.3 is 19.3 Å². The SMILES string of the molecule is COc1cc(CN(C[C@@H](O)COc2ccccc2C)C(C)C)cc(OC)c1. The summed E-state index contributed by atoms with van der Waals surface area (Å²) in [4.78, 5) is 2.21. The second-order valence-corrected chi connectivity index (χ2v) is 6.97. The van der Waals surface area contributed by atoms with Gasteiger partial charge in [0.1, 0.15) is 30.0 Å². The fourth-order valence-electron chi connectivity index (χ4n) is 2.88. The maximum Gasteiger partial charge on any atom is 0.122 e. The van der Waals surface area contributed by atoms with Crippen LogP contribution >= 0.6 is 0 Å². The number of hydrogen-bond acceptors (Lipinski definition) is 5. The molecule has 0 aliphatic heterocycles. The van der Waals surface area contributed by atoms with E-state index in [1.165, 1.54) is 0 Å². The molecule has 27 heavy (non-hydrogen) atoms. The summed E-state index contributed by atoms with van der Waals surface area (Å²) in [5.74, 6) is 2.33. The Morgan fingerprint density at radius 3 is 2.19 bits per heavy atom. The monoisotopic (exact) mass is 373 g/mol. The molecule has 0 bridgehead atoms. The number of para-hydroxylation sites is 1. The topological polar surface area (TPSA) is 51.2 Å². The number of aliphatic hydroxyl groups excluding tert-OH is 1. The number of nitrogens with zero attached hydrogens (tertiary/aromatic N) is 1. The van der Waals surface area contributed by atoms with Crippen molar-refractivity contribution in [2.24, 2.45) is 0 Å². The maximum atomic E-state index is 10.5. The maximum absolute atomic E-state index is 10.5. The van der Waals surface area contributed by atoms with E-state index in [9.17, 15) is 5.11 Å². The summed E-state index contributed by atoms with van der Waals surface area (Å²) in [6.45, 7) is 7.70. The van der Waals surface area contributed by atoms with Gasteiger partial charge in [-0.2, -0.15) is 0 Å². The fraction of sp³-hybridized carbons (Fsp3) is 0.455. The van der Waals surface area contributed by atoms with Crippen LogP contribution < -0.4 is 14.2 Å². The van der Waals surface area contributed by atoms with E-state index in [0.717, 1.165) is 28.4 Å². The van der Waals surface area contributed by atoms with Gasteiger partial charge in [0.2, 0.25) is 0 Å². The zero-order valence-electron chi connectivity index (χ0n) is 16.9. The van der Waals surface area contributed by atoms with E-state index >= 15 is 0 Å². The third-order valence-electron chi connectivity index (χ3n) is 4.50. The molecule has 2 aromatic carbocycles. The van der Waals surface area contributed by atoms with Crippen LogP contribution in [0.4, 0.5) is 0 Å². The number of methoxy groups -OCH3 is 2. The van der Waals surface area contributed by atoms with E-state index in [2.05, 4.69) is 18.7 Å². The van der Waals surface area contributed by atoms with Crippen molar-refractivity contribution in [1.29, 1.82) is 0 Å². The average molecular weight is 373 g/mol. The summed E-state index contributed by atoms with van der Waals surface area (Å²) >= 11 is 0. The van der Waals surface area contributed by atoms with Gasteiger partial charge >= 0.3 is 0 Å². The lowest BCUT2D eigenvalue weighted by Crippen LogP contribution is -2.39. The van der Waals surface area contributed by atoms with Gasteiger partial charge in [-0.05, 0) is 50.1 Å². The number of hydrogen-bond donors (Lipinski definition) is 1. The number of ether oxygens (including phenoxy) is 3. The molecule has 0 spiro atoms. The predicted octanol–water partition coefficient (Wildman–Crippen LogP) is 3.66. The zero-order chi connectivity index (χ0) is 19.8. The van der Waals surface area contributed by atoms with Crippen LogP contribution in [0.1, 0.15) is 25.0 Å². The molecule has 5 heteroatoms. The molecule has 0 saturated carbocycles. The Labute approximate surface area is 162 Å². The van der Waals surface area contributed by atoms with Crippen molar-refractivity contribution in [2.75, 3.05) is 27.4 Å². The van der Waals surface area contributed by atoms with Crippen molar-refractivity contribution in [3.8, 4) is 17.2 Å². The quantitative estimate of drug-likeness (QED) is 0.689. The van der Waals surface area contributed by atoms with E-state index in [0.29, 0.717) is 13.1 Å². The Balaban J connectivity index is 1.99. The number of benzene rings is 2. The van der Waals surface area contributed by atoms with Gasteiger partial charge in [0, 0.05) is 25.2 Å². The zero-order valence-corrected chi connectivity index (χ0v) is 16.9. The Hall–Kier alpha value is -2.24. The molecule has 0 aliphatic rings. The van der Waals surface area contributed by atoms with Gasteiger partial charge in [-0.25, -0.2) is 0 Å². The van der Waals surface area contributed by atoms with Crippen LogP contribution in [0.3, 0.4) is 0 Å². The first-order valence-electron chi connectivity index (χ1n) is 9.25. The van der Waals surface area contributed by atoms with Crippen molar-refractivity contribution in [2.45, 2.75) is 39.5 Å². The van der Waals surface area contributed by atoms with Gasteiger partial charge in [0.25, 0.3) is 0 Å². The number of rotatable bonds is 10. The van der Waals surface area contributed by atoms with Crippen LogP contribution in [0.25, 0.3) is 0 Å². The van der Waals surface area contributed by atoms with Crippen LogP contribution in [-0.4, -0.2) is 49.5 Å². The number of aryl methyl sites for hydroxylation is 1. The van der Waals surface area contributed by atoms with Gasteiger partial charge in [-0.1, -0.05) is 18.2 Å². The smallest absolute Gasteiger partial charge is 0.122 e. The molecule has 5 nitrogen and oxygen atoms in total. The van der Waals surface area contributed by atoms with Crippen molar-refractivity contribution in [1.82, 2.24) is 4.90 Å². The van der Waals surface area contributed by atoms with Crippen LogP contribution in [0.5, 0.6) is 17.2 Å². The summed E-state index contributed by atoms with van der Waals surface area (Å²) in [6.07, 6.45) is -0.584. The first-order valence-corrected chi connectivity index (χ1v) is 9.25. The third-order valence-corrected chi connectivity index (χ3v) is 4.50. The highest BCUT2D eigenvalue weighted by Gasteiger charge is 2.17. The molecule has 0 amide bonds. The predicted molar refractivity (Wildman–Crippen MR) is 108 cm³/mol. The van der Waals surface area contributed by atoms with Gasteiger partial charge in [-0.15, -0.1) is 0 Å². The molecular formula is C22H31NO4. The minimum Gasteiger partial charge on any atom is -0.497 e. The molecule has 148 valence electrons. The molecular weight excluding hydrogens is 342 g/mol. The molecule has 0 aromatic heterocycles. The first kappa shape index (κ1) is 21.1. The minimum absolute atomic E-state index is 0.259. The molecule has 0 aliphatic carbocycles. The highest BCUT2D eigenvalue weighted by atomic mass is 16.5. The van der Waals surface area contributed by atoms with Crippen LogP contribution in [-0.2, 0) is 6.54 Å². The van der Waals surface area contributed by atoms with E-state index in [1.807, 2.05) is 49.4 Å². The normalized spacial score (nSPS) is 12.3. The first-order chi connectivity index (χ1) is 12.9. The molecule has 0 heterocycles. The second kappa shape index (κ2) is 10.2. The second-order valence-electron chi connectivity index (χ2n) is 6.97. The fourth-order valence-corrected chi connectivity index (χ4v) is 2.88. The molecule has 1 atom stereocenters. The summed E-state index contributed by atoms with van der Waals surface area (Å²) in [6, 6.07) is 13.9. The minimum atomic E-state index is -0.584. The molecule has 1 N–H and O–H groups in total. The Kier molecular flexibility index (Phi) is 7.95. The lowest BCUT2D eigenvalue weighted by molar-refractivity contribution is 0.0541. The van der Waals surface area contributed by atoms with E-state index in [1.54, 1.807) is 14.2 Å². The van der Waals surface area contributed by atoms with Crippen LogP contribution in [0, 0.1) is 6.92 Å². The van der Waals surface area contributed by atoms with E-state index in [4.69, 9.17) is 14.2 Å². The molecule has 2 rings (SSSR count). The largest absolute Gasteiger partial charge is 0.497 e. The van der Waals surface area contributed by atoms with Gasteiger partial charge in [0.05, 0.1) is 14.2 Å². The summed E-state index contributed by atoms with van der Waals surface area (Å²) in [5, 5.41) is 10.5. The van der Waals surface area contributed by atoms with Crippen molar-refractivity contribution >= 4 is 0 Å². The average Bonchev–Trinajstić information content (AvgIpc) is 2.66. The van der Waals surface area contributed by atoms with Crippen molar-refractivity contribution in [3.63, 3.8) is 0 Å². The van der Waals surface area contributed by atoms with E-state index in [-0.39, 0.29) is 12.6 Å². The van der Waals surface area contributed by atoms with Crippen molar-refractivity contribution < 1.29 is 19.3 Å². The lowest BCUT2D eigenvalue weighted by Gasteiger charge is -2.29. The third kappa shape index (κ3) is 6.45. The van der Waals surface area contributed by atoms with Crippen LogP contribution in [0.2, 0.25) is 0 Å². The standard InChI is InChI=1S/C22H31NO4/c1-16(2)23(13-18-10-20(25-4)12-21(11-18)26-5)14-19(24)15-27-22-9-7-6-8-17(22)3/h6-12,16,19,24H,13-15H2,1-5H3/t19-/m1/s1. The highest BCUT2D eigenvalue weighted by Crippen LogP contribution is 2.24. The molecule has 2 aromatic rings. The van der Waals surface area contributed by atoms with E-state index < -0.39 is 6.10 Å². The van der Waals surface area contributed by atoms with Crippen LogP contribution in [0.15, 0.2) is 42.5 Å². The Morgan fingerprint density at radius 1 is 1.00 bits per heavy atom. The summed E-state index contributed by atoms with van der Waals surface area (Å²) in [5.41, 5.74) is 2.14. The Bertz CT molecular complexity index is 695.